The second-order valence-corrected chi connectivity index (χ2v) is 7.42. The van der Waals surface area contributed by atoms with E-state index in [0.717, 1.165) is 26.6 Å². The Labute approximate surface area is 119 Å². The molecule has 1 fully saturated rings. The molecule has 1 aliphatic heterocycles. The molecule has 6 heteroatoms. The molecule has 2 atom stereocenters. The number of hydrogen-bond acceptors (Lipinski definition) is 4. The SMILES string of the molecule is Cc1cc(C)c(C)c(S(=O)(=O)N2CC(O)C(O)C2)c1C. The number of benzene rings is 1. The highest BCUT2D eigenvalue weighted by Crippen LogP contribution is 2.30. The fraction of sp³-hybridized carbons (Fsp3) is 0.571. The minimum absolute atomic E-state index is 0.0601. The first-order valence-electron chi connectivity index (χ1n) is 6.60. The molecule has 112 valence electrons. The van der Waals surface area contributed by atoms with Gasteiger partial charge in [0.05, 0.1) is 17.1 Å². The topological polar surface area (TPSA) is 77.8 Å². The zero-order chi connectivity index (χ0) is 15.2. The second kappa shape index (κ2) is 5.11. The van der Waals surface area contributed by atoms with Crippen LogP contribution in [0.5, 0.6) is 0 Å². The third-order valence-electron chi connectivity index (χ3n) is 4.12. The maximum atomic E-state index is 12.8. The van der Waals surface area contributed by atoms with E-state index in [4.69, 9.17) is 0 Å². The summed E-state index contributed by atoms with van der Waals surface area (Å²) < 4.78 is 26.7. The van der Waals surface area contributed by atoms with Crippen molar-refractivity contribution in [3.05, 3.63) is 28.3 Å². The first-order chi connectivity index (χ1) is 9.16. The Morgan fingerprint density at radius 3 is 1.80 bits per heavy atom. The molecule has 0 aromatic heterocycles. The molecule has 1 aromatic carbocycles. The minimum atomic E-state index is -3.70. The Kier molecular flexibility index (Phi) is 3.94. The highest BCUT2D eigenvalue weighted by Gasteiger charge is 2.39. The molecule has 2 rings (SSSR count). The second-order valence-electron chi connectivity index (χ2n) is 5.55. The van der Waals surface area contributed by atoms with Crippen molar-refractivity contribution >= 4 is 10.0 Å². The molecule has 0 radical (unpaired) electrons. The van der Waals surface area contributed by atoms with Crippen LogP contribution in [-0.4, -0.2) is 48.2 Å². The van der Waals surface area contributed by atoms with Crippen LogP contribution >= 0.6 is 0 Å². The summed E-state index contributed by atoms with van der Waals surface area (Å²) >= 11 is 0. The minimum Gasteiger partial charge on any atom is -0.389 e. The Morgan fingerprint density at radius 2 is 1.40 bits per heavy atom. The van der Waals surface area contributed by atoms with E-state index in [0.29, 0.717) is 4.90 Å². The van der Waals surface area contributed by atoms with Crippen LogP contribution in [0.2, 0.25) is 0 Å². The number of β-amino-alcohol motifs (C(OH)–C–C–N with tert-alkyl or cyclic N) is 2. The number of aliphatic hydroxyl groups is 2. The van der Waals surface area contributed by atoms with E-state index in [1.807, 2.05) is 19.9 Å². The van der Waals surface area contributed by atoms with E-state index in [-0.39, 0.29) is 13.1 Å². The lowest BCUT2D eigenvalue weighted by Gasteiger charge is -2.21. The molecule has 5 nitrogen and oxygen atoms in total. The van der Waals surface area contributed by atoms with E-state index in [1.54, 1.807) is 13.8 Å². The predicted octanol–water partition coefficient (Wildman–Crippen LogP) is 0.646. The molecule has 1 saturated heterocycles. The summed E-state index contributed by atoms with van der Waals surface area (Å²) in [6.45, 7) is 7.23. The Balaban J connectivity index is 2.56. The van der Waals surface area contributed by atoms with Gasteiger partial charge in [0.1, 0.15) is 0 Å². The van der Waals surface area contributed by atoms with Gasteiger partial charge in [-0.1, -0.05) is 6.07 Å². The lowest BCUT2D eigenvalue weighted by Crippen LogP contribution is -2.31. The normalized spacial score (nSPS) is 24.3. The van der Waals surface area contributed by atoms with Gasteiger partial charge in [0, 0.05) is 13.1 Å². The summed E-state index contributed by atoms with van der Waals surface area (Å²) in [5, 5.41) is 19.1. The summed E-state index contributed by atoms with van der Waals surface area (Å²) in [7, 11) is -3.70. The molecule has 0 bridgehead atoms. The van der Waals surface area contributed by atoms with Crippen molar-refractivity contribution in [1.29, 1.82) is 0 Å². The third-order valence-corrected chi connectivity index (χ3v) is 6.23. The van der Waals surface area contributed by atoms with Gasteiger partial charge in [0.25, 0.3) is 0 Å². The molecular formula is C14H21NO4S. The number of sulfonamides is 1. The van der Waals surface area contributed by atoms with Gasteiger partial charge in [-0.25, -0.2) is 8.42 Å². The fourth-order valence-corrected chi connectivity index (χ4v) is 4.68. The Morgan fingerprint density at radius 1 is 1.00 bits per heavy atom. The largest absolute Gasteiger partial charge is 0.389 e. The molecule has 1 aliphatic rings. The molecule has 2 unspecified atom stereocenters. The van der Waals surface area contributed by atoms with Gasteiger partial charge in [-0.2, -0.15) is 4.31 Å². The highest BCUT2D eigenvalue weighted by molar-refractivity contribution is 7.89. The van der Waals surface area contributed by atoms with Crippen molar-refractivity contribution in [1.82, 2.24) is 4.31 Å². The molecule has 20 heavy (non-hydrogen) atoms. The molecule has 2 N–H and O–H groups in total. The van der Waals surface area contributed by atoms with Gasteiger partial charge in [-0.3, -0.25) is 0 Å². The molecule has 0 saturated carbocycles. The number of hydrogen-bond donors (Lipinski definition) is 2. The average Bonchev–Trinajstić information content (AvgIpc) is 2.68. The summed E-state index contributed by atoms with van der Waals surface area (Å²) in [4.78, 5) is 0.302. The van der Waals surface area contributed by atoms with Crippen molar-refractivity contribution in [2.24, 2.45) is 0 Å². The van der Waals surface area contributed by atoms with E-state index in [2.05, 4.69) is 0 Å². The van der Waals surface area contributed by atoms with Crippen molar-refractivity contribution in [2.45, 2.75) is 44.8 Å². The molecular weight excluding hydrogens is 278 g/mol. The van der Waals surface area contributed by atoms with Gasteiger partial charge >= 0.3 is 0 Å². The van der Waals surface area contributed by atoms with E-state index in [1.165, 1.54) is 0 Å². The Hall–Kier alpha value is -0.950. The molecule has 0 amide bonds. The standard InChI is InChI=1S/C14H21NO4S/c1-8-5-9(2)11(4)14(10(8)3)20(18,19)15-6-12(16)13(17)7-15/h5,12-13,16-17H,6-7H2,1-4H3. The average molecular weight is 299 g/mol. The van der Waals surface area contributed by atoms with Crippen molar-refractivity contribution in [3.63, 3.8) is 0 Å². The van der Waals surface area contributed by atoms with Crippen molar-refractivity contribution in [3.8, 4) is 0 Å². The van der Waals surface area contributed by atoms with Gasteiger partial charge in [0.15, 0.2) is 0 Å². The van der Waals surface area contributed by atoms with Gasteiger partial charge in [0.2, 0.25) is 10.0 Å². The fourth-order valence-electron chi connectivity index (χ4n) is 2.63. The van der Waals surface area contributed by atoms with E-state index >= 15 is 0 Å². The Bertz CT molecular complexity index is 603. The van der Waals surface area contributed by atoms with Crippen LogP contribution in [0.15, 0.2) is 11.0 Å². The summed E-state index contributed by atoms with van der Waals surface area (Å²) in [5.41, 5.74) is 3.30. The zero-order valence-corrected chi connectivity index (χ0v) is 13.0. The zero-order valence-electron chi connectivity index (χ0n) is 12.2. The number of aryl methyl sites for hydroxylation is 2. The maximum Gasteiger partial charge on any atom is 0.243 e. The third kappa shape index (κ3) is 2.37. The van der Waals surface area contributed by atoms with Crippen LogP contribution in [-0.2, 0) is 10.0 Å². The highest BCUT2D eigenvalue weighted by atomic mass is 32.2. The first kappa shape index (κ1) is 15.4. The summed E-state index contributed by atoms with van der Waals surface area (Å²) in [6, 6.07) is 1.97. The predicted molar refractivity (Wildman–Crippen MR) is 76.2 cm³/mol. The van der Waals surface area contributed by atoms with Crippen LogP contribution in [0.1, 0.15) is 22.3 Å². The molecule has 1 heterocycles. The first-order valence-corrected chi connectivity index (χ1v) is 8.04. The summed E-state index contributed by atoms with van der Waals surface area (Å²) in [5.74, 6) is 0. The van der Waals surface area contributed by atoms with Gasteiger partial charge in [-0.15, -0.1) is 0 Å². The number of rotatable bonds is 2. The lowest BCUT2D eigenvalue weighted by atomic mass is 10.0. The number of aliphatic hydroxyl groups excluding tert-OH is 2. The van der Waals surface area contributed by atoms with Gasteiger partial charge < -0.3 is 10.2 Å². The summed E-state index contributed by atoms with van der Waals surface area (Å²) in [6.07, 6.45) is -2.03. The van der Waals surface area contributed by atoms with Crippen LogP contribution in [0.3, 0.4) is 0 Å². The molecule has 0 spiro atoms. The van der Waals surface area contributed by atoms with Crippen LogP contribution in [0.25, 0.3) is 0 Å². The maximum absolute atomic E-state index is 12.8. The van der Waals surface area contributed by atoms with Crippen LogP contribution in [0.4, 0.5) is 0 Å². The molecule has 0 aliphatic carbocycles. The molecule has 1 aromatic rings. The number of nitrogens with zero attached hydrogens (tertiary/aromatic N) is 1. The quantitative estimate of drug-likeness (QED) is 0.840. The lowest BCUT2D eigenvalue weighted by molar-refractivity contribution is 0.0572. The van der Waals surface area contributed by atoms with Crippen LogP contribution in [0, 0.1) is 27.7 Å². The van der Waals surface area contributed by atoms with E-state index < -0.39 is 22.2 Å². The van der Waals surface area contributed by atoms with E-state index in [9.17, 15) is 18.6 Å². The van der Waals surface area contributed by atoms with Crippen molar-refractivity contribution < 1.29 is 18.6 Å². The van der Waals surface area contributed by atoms with Crippen LogP contribution < -0.4 is 0 Å². The van der Waals surface area contributed by atoms with Crippen molar-refractivity contribution in [2.75, 3.05) is 13.1 Å². The van der Waals surface area contributed by atoms with Gasteiger partial charge in [-0.05, 0) is 49.9 Å². The monoisotopic (exact) mass is 299 g/mol. The smallest absolute Gasteiger partial charge is 0.243 e.